The average Bonchev–Trinajstić information content (AvgIpc) is 2.28. The Morgan fingerprint density at radius 2 is 2.12 bits per heavy atom. The molecule has 0 saturated carbocycles. The van der Waals surface area contributed by atoms with Crippen molar-refractivity contribution in [2.24, 2.45) is 0 Å². The van der Waals surface area contributed by atoms with Gasteiger partial charge in [-0.25, -0.2) is 0 Å². The van der Waals surface area contributed by atoms with E-state index >= 15 is 0 Å². The molecule has 1 aromatic rings. The van der Waals surface area contributed by atoms with E-state index in [-0.39, 0.29) is 6.42 Å². The molecule has 0 bridgehead atoms. The first-order chi connectivity index (χ1) is 8.04. The fraction of sp³-hybridized carbons (Fsp3) is 0.500. The van der Waals surface area contributed by atoms with Crippen molar-refractivity contribution in [2.45, 2.75) is 39.0 Å². The number of methoxy groups -OCH3 is 1. The van der Waals surface area contributed by atoms with Crippen LogP contribution >= 0.6 is 0 Å². The van der Waals surface area contributed by atoms with Crippen LogP contribution in [0, 0.1) is 0 Å². The molecule has 94 valence electrons. The number of carboxylic acids is 1. The van der Waals surface area contributed by atoms with Crippen molar-refractivity contribution in [2.75, 3.05) is 7.11 Å². The lowest BCUT2D eigenvalue weighted by Crippen LogP contribution is -1.98. The minimum absolute atomic E-state index is 0.225. The van der Waals surface area contributed by atoms with Gasteiger partial charge in [0, 0.05) is 6.42 Å². The molecule has 0 aliphatic rings. The highest BCUT2D eigenvalue weighted by molar-refractivity contribution is 5.66. The molecule has 0 saturated heterocycles. The summed E-state index contributed by atoms with van der Waals surface area (Å²) < 4.78 is 5.31. The summed E-state index contributed by atoms with van der Waals surface area (Å²) in [5, 5.41) is 8.60. The number of aryl methyl sites for hydroxylation is 1. The predicted molar refractivity (Wildman–Crippen MR) is 67.7 cm³/mol. The number of hydrogen-bond donors (Lipinski definition) is 1. The summed E-state index contributed by atoms with van der Waals surface area (Å²) in [6.07, 6.45) is 1.71. The first-order valence-corrected chi connectivity index (χ1v) is 5.93. The second-order valence-corrected chi connectivity index (χ2v) is 4.48. The van der Waals surface area contributed by atoms with Gasteiger partial charge < -0.3 is 9.84 Å². The SMILES string of the molecule is COc1ccc(CCCC(=O)O)cc1C(C)C. The number of aliphatic carboxylic acids is 1. The molecule has 0 radical (unpaired) electrons. The van der Waals surface area contributed by atoms with E-state index in [1.807, 2.05) is 12.1 Å². The van der Waals surface area contributed by atoms with Gasteiger partial charge in [-0.15, -0.1) is 0 Å². The van der Waals surface area contributed by atoms with Gasteiger partial charge in [-0.2, -0.15) is 0 Å². The minimum Gasteiger partial charge on any atom is -0.496 e. The van der Waals surface area contributed by atoms with Gasteiger partial charge in [-0.3, -0.25) is 4.79 Å². The lowest BCUT2D eigenvalue weighted by Gasteiger charge is -2.13. The third-order valence-corrected chi connectivity index (χ3v) is 2.77. The standard InChI is InChI=1S/C14H20O3/c1-10(2)12-9-11(5-4-6-14(15)16)7-8-13(12)17-3/h7-10H,4-6H2,1-3H3,(H,15,16). The van der Waals surface area contributed by atoms with Crippen molar-refractivity contribution >= 4 is 5.97 Å². The van der Waals surface area contributed by atoms with Crippen LogP contribution in [0.4, 0.5) is 0 Å². The molecule has 0 unspecified atom stereocenters. The first-order valence-electron chi connectivity index (χ1n) is 5.93. The number of carboxylic acid groups (broad SMARTS) is 1. The van der Waals surface area contributed by atoms with Crippen LogP contribution in [-0.4, -0.2) is 18.2 Å². The molecule has 1 N–H and O–H groups in total. The number of benzene rings is 1. The van der Waals surface area contributed by atoms with E-state index in [1.165, 1.54) is 11.1 Å². The van der Waals surface area contributed by atoms with E-state index in [0.717, 1.165) is 12.2 Å². The summed E-state index contributed by atoms with van der Waals surface area (Å²) in [6.45, 7) is 4.25. The largest absolute Gasteiger partial charge is 0.496 e. The lowest BCUT2D eigenvalue weighted by atomic mass is 9.97. The third-order valence-electron chi connectivity index (χ3n) is 2.77. The topological polar surface area (TPSA) is 46.5 Å². The van der Waals surface area contributed by atoms with Crippen molar-refractivity contribution in [3.8, 4) is 5.75 Å². The van der Waals surface area contributed by atoms with Crippen molar-refractivity contribution in [1.29, 1.82) is 0 Å². The fourth-order valence-electron chi connectivity index (χ4n) is 1.83. The van der Waals surface area contributed by atoms with Crippen LogP contribution in [0.25, 0.3) is 0 Å². The van der Waals surface area contributed by atoms with E-state index in [4.69, 9.17) is 9.84 Å². The molecule has 17 heavy (non-hydrogen) atoms. The molecule has 0 spiro atoms. The average molecular weight is 236 g/mol. The highest BCUT2D eigenvalue weighted by Crippen LogP contribution is 2.27. The number of carbonyl (C=O) groups is 1. The van der Waals surface area contributed by atoms with E-state index in [9.17, 15) is 4.79 Å². The Morgan fingerprint density at radius 1 is 1.41 bits per heavy atom. The van der Waals surface area contributed by atoms with Crippen LogP contribution in [0.2, 0.25) is 0 Å². The molecular weight excluding hydrogens is 216 g/mol. The maximum Gasteiger partial charge on any atom is 0.303 e. The molecule has 0 atom stereocenters. The monoisotopic (exact) mass is 236 g/mol. The number of ether oxygens (including phenoxy) is 1. The van der Waals surface area contributed by atoms with Crippen LogP contribution < -0.4 is 4.74 Å². The summed E-state index contributed by atoms with van der Waals surface area (Å²) >= 11 is 0. The van der Waals surface area contributed by atoms with Gasteiger partial charge in [0.15, 0.2) is 0 Å². The van der Waals surface area contributed by atoms with Gasteiger partial charge >= 0.3 is 5.97 Å². The van der Waals surface area contributed by atoms with Crippen LogP contribution in [-0.2, 0) is 11.2 Å². The van der Waals surface area contributed by atoms with Gasteiger partial charge in [0.05, 0.1) is 7.11 Å². The van der Waals surface area contributed by atoms with E-state index < -0.39 is 5.97 Å². The molecule has 1 aromatic carbocycles. The smallest absolute Gasteiger partial charge is 0.303 e. The predicted octanol–water partition coefficient (Wildman–Crippen LogP) is 3.23. The Bertz CT molecular complexity index is 383. The minimum atomic E-state index is -0.734. The van der Waals surface area contributed by atoms with Crippen LogP contribution in [0.5, 0.6) is 5.75 Å². The molecule has 0 heterocycles. The van der Waals surface area contributed by atoms with Gasteiger partial charge in [-0.1, -0.05) is 26.0 Å². The zero-order chi connectivity index (χ0) is 12.8. The van der Waals surface area contributed by atoms with Crippen molar-refractivity contribution in [3.05, 3.63) is 29.3 Å². The zero-order valence-corrected chi connectivity index (χ0v) is 10.7. The molecule has 0 fully saturated rings. The van der Waals surface area contributed by atoms with Crippen LogP contribution in [0.15, 0.2) is 18.2 Å². The van der Waals surface area contributed by atoms with Crippen molar-refractivity contribution in [3.63, 3.8) is 0 Å². The Kier molecular flexibility index (Phi) is 5.01. The van der Waals surface area contributed by atoms with Gasteiger partial charge in [0.2, 0.25) is 0 Å². The third kappa shape index (κ3) is 4.10. The van der Waals surface area contributed by atoms with Crippen LogP contribution in [0.1, 0.15) is 43.7 Å². The number of rotatable bonds is 6. The molecule has 0 amide bonds. The van der Waals surface area contributed by atoms with E-state index in [0.29, 0.717) is 12.3 Å². The Labute approximate surface area is 102 Å². The Hall–Kier alpha value is -1.51. The second kappa shape index (κ2) is 6.28. The molecule has 3 heteroatoms. The number of hydrogen-bond acceptors (Lipinski definition) is 2. The normalized spacial score (nSPS) is 10.6. The maximum absolute atomic E-state index is 10.4. The molecule has 0 aromatic heterocycles. The fourth-order valence-corrected chi connectivity index (χ4v) is 1.83. The second-order valence-electron chi connectivity index (χ2n) is 4.48. The van der Waals surface area contributed by atoms with E-state index in [1.54, 1.807) is 7.11 Å². The highest BCUT2D eigenvalue weighted by atomic mass is 16.5. The molecule has 1 rings (SSSR count). The molecule has 0 aliphatic carbocycles. The van der Waals surface area contributed by atoms with Crippen molar-refractivity contribution in [1.82, 2.24) is 0 Å². The van der Waals surface area contributed by atoms with Gasteiger partial charge in [0.1, 0.15) is 5.75 Å². The Morgan fingerprint density at radius 3 is 2.65 bits per heavy atom. The van der Waals surface area contributed by atoms with Crippen LogP contribution in [0.3, 0.4) is 0 Å². The highest BCUT2D eigenvalue weighted by Gasteiger charge is 2.08. The lowest BCUT2D eigenvalue weighted by molar-refractivity contribution is -0.137. The quantitative estimate of drug-likeness (QED) is 0.824. The van der Waals surface area contributed by atoms with Gasteiger partial charge in [0.25, 0.3) is 0 Å². The molecular formula is C14H20O3. The molecule has 3 nitrogen and oxygen atoms in total. The summed E-state index contributed by atoms with van der Waals surface area (Å²) in [4.78, 5) is 10.4. The molecule has 0 aliphatic heterocycles. The first kappa shape index (κ1) is 13.6. The van der Waals surface area contributed by atoms with Gasteiger partial charge in [-0.05, 0) is 36.0 Å². The zero-order valence-electron chi connectivity index (χ0n) is 10.7. The summed E-state index contributed by atoms with van der Waals surface area (Å²) in [5.74, 6) is 0.578. The van der Waals surface area contributed by atoms with Crippen molar-refractivity contribution < 1.29 is 14.6 Å². The summed E-state index contributed by atoms with van der Waals surface area (Å²) in [5.41, 5.74) is 2.36. The Balaban J connectivity index is 2.74. The summed E-state index contributed by atoms with van der Waals surface area (Å²) in [7, 11) is 1.67. The summed E-state index contributed by atoms with van der Waals surface area (Å²) in [6, 6.07) is 6.09. The van der Waals surface area contributed by atoms with E-state index in [2.05, 4.69) is 19.9 Å². The maximum atomic E-state index is 10.4.